The smallest absolute Gasteiger partial charge is 0.254 e. The molecule has 25 heavy (non-hydrogen) atoms. The van der Waals surface area contributed by atoms with Crippen molar-refractivity contribution in [1.82, 2.24) is 10.6 Å². The molecule has 3 N–H and O–H groups in total. The number of anilines is 1. The van der Waals surface area contributed by atoms with Crippen molar-refractivity contribution >= 4 is 23.4 Å². The van der Waals surface area contributed by atoms with Crippen LogP contribution >= 0.6 is 0 Å². The summed E-state index contributed by atoms with van der Waals surface area (Å²) < 4.78 is 13.1. The molecule has 0 saturated heterocycles. The van der Waals surface area contributed by atoms with Crippen LogP contribution in [0.25, 0.3) is 0 Å². The Morgan fingerprint density at radius 3 is 2.72 bits per heavy atom. The molecule has 6 nitrogen and oxygen atoms in total. The third kappa shape index (κ3) is 4.00. The van der Waals surface area contributed by atoms with E-state index >= 15 is 0 Å². The van der Waals surface area contributed by atoms with Crippen LogP contribution in [-0.2, 0) is 16.1 Å². The van der Waals surface area contributed by atoms with Crippen LogP contribution in [0, 0.1) is 5.82 Å². The van der Waals surface area contributed by atoms with E-state index in [1.807, 2.05) is 0 Å². The van der Waals surface area contributed by atoms with Crippen molar-refractivity contribution < 1.29 is 18.8 Å². The van der Waals surface area contributed by atoms with Gasteiger partial charge in [0.2, 0.25) is 11.8 Å². The average Bonchev–Trinajstić information content (AvgIpc) is 2.70. The van der Waals surface area contributed by atoms with Crippen LogP contribution in [0.5, 0.6) is 0 Å². The molecule has 0 fully saturated rings. The third-order valence-corrected chi connectivity index (χ3v) is 3.82. The summed E-state index contributed by atoms with van der Waals surface area (Å²) in [5.74, 6) is -1.69. The van der Waals surface area contributed by atoms with E-state index in [-0.39, 0.29) is 18.8 Å². The first kappa shape index (κ1) is 16.6. The van der Waals surface area contributed by atoms with E-state index in [2.05, 4.69) is 16.0 Å². The zero-order chi connectivity index (χ0) is 17.8. The Morgan fingerprint density at radius 2 is 1.92 bits per heavy atom. The van der Waals surface area contributed by atoms with E-state index in [1.165, 1.54) is 12.1 Å². The molecule has 0 saturated carbocycles. The lowest BCUT2D eigenvalue weighted by atomic mass is 10.1. The molecule has 7 heteroatoms. The molecule has 128 valence electrons. The predicted octanol–water partition coefficient (Wildman–Crippen LogP) is 1.58. The molecular weight excluding hydrogens is 325 g/mol. The monoisotopic (exact) mass is 341 g/mol. The predicted molar refractivity (Wildman–Crippen MR) is 89.2 cm³/mol. The van der Waals surface area contributed by atoms with Crippen molar-refractivity contribution in [3.05, 3.63) is 65.5 Å². The van der Waals surface area contributed by atoms with Gasteiger partial charge in [0, 0.05) is 6.54 Å². The fourth-order valence-electron chi connectivity index (χ4n) is 2.56. The van der Waals surface area contributed by atoms with Gasteiger partial charge >= 0.3 is 0 Å². The molecule has 1 heterocycles. The van der Waals surface area contributed by atoms with Crippen molar-refractivity contribution in [3.63, 3.8) is 0 Å². The summed E-state index contributed by atoms with van der Waals surface area (Å²) in [4.78, 5) is 36.5. The molecule has 2 aromatic rings. The Balaban J connectivity index is 1.62. The molecule has 1 atom stereocenters. The van der Waals surface area contributed by atoms with Crippen molar-refractivity contribution in [2.24, 2.45) is 0 Å². The Kier molecular flexibility index (Phi) is 4.74. The number of amides is 3. The van der Waals surface area contributed by atoms with Crippen LogP contribution in [0.1, 0.15) is 22.3 Å². The van der Waals surface area contributed by atoms with Gasteiger partial charge in [0.15, 0.2) is 0 Å². The molecule has 0 aliphatic carbocycles. The number of hydrogen-bond acceptors (Lipinski definition) is 3. The fraction of sp³-hybridized carbons (Fsp3) is 0.167. The van der Waals surface area contributed by atoms with Gasteiger partial charge in [-0.15, -0.1) is 0 Å². The molecule has 3 rings (SSSR count). The van der Waals surface area contributed by atoms with Gasteiger partial charge in [-0.1, -0.05) is 24.3 Å². The van der Waals surface area contributed by atoms with Gasteiger partial charge in [0.05, 0.1) is 17.7 Å². The van der Waals surface area contributed by atoms with E-state index in [0.29, 0.717) is 16.8 Å². The van der Waals surface area contributed by atoms with Gasteiger partial charge in [-0.3, -0.25) is 14.4 Å². The van der Waals surface area contributed by atoms with Crippen molar-refractivity contribution in [1.29, 1.82) is 0 Å². The summed E-state index contributed by atoms with van der Waals surface area (Å²) >= 11 is 0. The second kappa shape index (κ2) is 7.12. The number of nitrogens with one attached hydrogen (secondary N) is 3. The summed E-state index contributed by atoms with van der Waals surface area (Å²) in [5, 5.41) is 7.80. The molecule has 1 aliphatic heterocycles. The van der Waals surface area contributed by atoms with Crippen LogP contribution < -0.4 is 16.0 Å². The molecule has 0 aromatic heterocycles. The number of rotatable bonds is 4. The SMILES string of the molecule is O=C(C[C@@H]1NC(=O)c2ccccc2NC1=O)NCc1cccc(F)c1. The molecule has 0 radical (unpaired) electrons. The Hall–Kier alpha value is -3.22. The lowest BCUT2D eigenvalue weighted by Gasteiger charge is -2.14. The summed E-state index contributed by atoms with van der Waals surface area (Å²) in [6.45, 7) is 0.138. The van der Waals surface area contributed by atoms with Crippen LogP contribution in [0.4, 0.5) is 10.1 Å². The number of benzene rings is 2. The van der Waals surface area contributed by atoms with Crippen LogP contribution in [0.2, 0.25) is 0 Å². The summed E-state index contributed by atoms with van der Waals surface area (Å²) in [5.41, 5.74) is 1.36. The van der Waals surface area contributed by atoms with E-state index in [1.54, 1.807) is 36.4 Å². The topological polar surface area (TPSA) is 87.3 Å². The summed E-state index contributed by atoms with van der Waals surface area (Å²) in [7, 11) is 0. The Labute approximate surface area is 143 Å². The minimum Gasteiger partial charge on any atom is -0.352 e. The summed E-state index contributed by atoms with van der Waals surface area (Å²) in [6.07, 6.45) is -0.207. The number of halogens is 1. The number of hydrogen-bond donors (Lipinski definition) is 3. The molecular formula is C18H16FN3O3. The van der Waals surface area contributed by atoms with Gasteiger partial charge in [0.25, 0.3) is 5.91 Å². The van der Waals surface area contributed by atoms with Crippen LogP contribution in [0.3, 0.4) is 0 Å². The highest BCUT2D eigenvalue weighted by Gasteiger charge is 2.29. The molecule has 0 bridgehead atoms. The maximum atomic E-state index is 13.1. The minimum absolute atomic E-state index is 0.138. The van der Waals surface area contributed by atoms with Crippen LogP contribution in [-0.4, -0.2) is 23.8 Å². The lowest BCUT2D eigenvalue weighted by Crippen LogP contribution is -2.44. The minimum atomic E-state index is -0.979. The maximum absolute atomic E-state index is 13.1. The van der Waals surface area contributed by atoms with Crippen molar-refractivity contribution in [2.75, 3.05) is 5.32 Å². The van der Waals surface area contributed by atoms with Gasteiger partial charge in [-0.05, 0) is 29.8 Å². The molecule has 3 amide bonds. The highest BCUT2D eigenvalue weighted by molar-refractivity contribution is 6.10. The Morgan fingerprint density at radius 1 is 1.12 bits per heavy atom. The van der Waals surface area contributed by atoms with Gasteiger partial charge in [0.1, 0.15) is 11.9 Å². The van der Waals surface area contributed by atoms with Crippen LogP contribution in [0.15, 0.2) is 48.5 Å². The average molecular weight is 341 g/mol. The standard InChI is InChI=1S/C18H16FN3O3/c19-12-5-3-4-11(8-12)10-20-16(23)9-15-18(25)21-14-7-2-1-6-13(14)17(24)22-15/h1-8,15H,9-10H2,(H,20,23)(H,21,25)(H,22,24)/t15-/m0/s1. The molecule has 0 unspecified atom stereocenters. The maximum Gasteiger partial charge on any atom is 0.254 e. The zero-order valence-corrected chi connectivity index (χ0v) is 13.2. The molecule has 1 aliphatic rings. The Bertz CT molecular complexity index is 838. The quantitative estimate of drug-likeness (QED) is 0.789. The number of carbonyl (C=O) groups is 3. The van der Waals surface area contributed by atoms with Crippen molar-refractivity contribution in [2.45, 2.75) is 19.0 Å². The largest absolute Gasteiger partial charge is 0.352 e. The molecule has 2 aromatic carbocycles. The normalized spacial score (nSPS) is 16.3. The fourth-order valence-corrected chi connectivity index (χ4v) is 2.56. The number of fused-ring (bicyclic) bond motifs is 1. The van der Waals surface area contributed by atoms with E-state index in [0.717, 1.165) is 0 Å². The lowest BCUT2D eigenvalue weighted by molar-refractivity contribution is -0.125. The first-order valence-corrected chi connectivity index (χ1v) is 7.75. The second-order valence-electron chi connectivity index (χ2n) is 5.67. The second-order valence-corrected chi connectivity index (χ2v) is 5.67. The zero-order valence-electron chi connectivity index (χ0n) is 13.2. The van der Waals surface area contributed by atoms with E-state index in [9.17, 15) is 18.8 Å². The van der Waals surface area contributed by atoms with E-state index < -0.39 is 23.8 Å². The number of carbonyl (C=O) groups excluding carboxylic acids is 3. The summed E-state index contributed by atoms with van der Waals surface area (Å²) in [6, 6.07) is 11.5. The van der Waals surface area contributed by atoms with Gasteiger partial charge < -0.3 is 16.0 Å². The number of para-hydroxylation sites is 1. The van der Waals surface area contributed by atoms with Crippen molar-refractivity contribution in [3.8, 4) is 0 Å². The van der Waals surface area contributed by atoms with Gasteiger partial charge in [-0.25, -0.2) is 4.39 Å². The van der Waals surface area contributed by atoms with E-state index in [4.69, 9.17) is 0 Å². The van der Waals surface area contributed by atoms with Gasteiger partial charge in [-0.2, -0.15) is 0 Å². The highest BCUT2D eigenvalue weighted by Crippen LogP contribution is 2.18. The first-order chi connectivity index (χ1) is 12.0. The molecule has 0 spiro atoms. The first-order valence-electron chi connectivity index (χ1n) is 7.75. The highest BCUT2D eigenvalue weighted by atomic mass is 19.1. The third-order valence-electron chi connectivity index (χ3n) is 3.82.